The van der Waals surface area contributed by atoms with Crippen LogP contribution in [0.15, 0.2) is 24.3 Å². The molecule has 1 aliphatic heterocycles. The summed E-state index contributed by atoms with van der Waals surface area (Å²) in [5.74, 6) is 7.16. The Bertz CT molecular complexity index is 444. The molecule has 3 heteroatoms. The summed E-state index contributed by atoms with van der Waals surface area (Å²) in [6.07, 6.45) is 6.52. The van der Waals surface area contributed by atoms with Crippen LogP contribution in [0.5, 0.6) is 0 Å². The van der Waals surface area contributed by atoms with Crippen molar-refractivity contribution in [3.8, 4) is 0 Å². The maximum absolute atomic E-state index is 5.92. The van der Waals surface area contributed by atoms with Crippen molar-refractivity contribution in [2.24, 2.45) is 11.8 Å². The van der Waals surface area contributed by atoms with Crippen LogP contribution in [0, 0.1) is 5.92 Å². The minimum Gasteiger partial charge on any atom is -0.378 e. The first-order chi connectivity index (χ1) is 9.85. The first kappa shape index (κ1) is 14.1. The van der Waals surface area contributed by atoms with Crippen molar-refractivity contribution in [3.05, 3.63) is 35.4 Å². The van der Waals surface area contributed by atoms with Gasteiger partial charge in [-0.1, -0.05) is 37.6 Å². The monoisotopic (exact) mass is 274 g/mol. The quantitative estimate of drug-likeness (QED) is 0.640. The fraction of sp³-hybridized carbons (Fsp3) is 0.647. The van der Waals surface area contributed by atoms with Gasteiger partial charge in [-0.3, -0.25) is 11.3 Å². The van der Waals surface area contributed by atoms with E-state index in [9.17, 15) is 0 Å². The van der Waals surface area contributed by atoms with Gasteiger partial charge in [0.1, 0.15) is 0 Å². The van der Waals surface area contributed by atoms with Crippen molar-refractivity contribution in [2.45, 2.75) is 57.1 Å². The van der Waals surface area contributed by atoms with Gasteiger partial charge in [-0.2, -0.15) is 0 Å². The molecule has 1 aromatic rings. The van der Waals surface area contributed by atoms with Gasteiger partial charge in [0.05, 0.1) is 12.1 Å². The average molecular weight is 274 g/mol. The maximum atomic E-state index is 5.92. The Balaban J connectivity index is 1.88. The third kappa shape index (κ3) is 2.50. The van der Waals surface area contributed by atoms with Crippen molar-refractivity contribution in [3.63, 3.8) is 0 Å². The highest BCUT2D eigenvalue weighted by atomic mass is 16.5. The predicted octanol–water partition coefficient (Wildman–Crippen LogP) is 3.27. The Labute approximate surface area is 121 Å². The topological polar surface area (TPSA) is 47.3 Å². The van der Waals surface area contributed by atoms with Crippen LogP contribution in [0.4, 0.5) is 0 Å². The zero-order valence-corrected chi connectivity index (χ0v) is 12.3. The molecule has 3 unspecified atom stereocenters. The summed E-state index contributed by atoms with van der Waals surface area (Å²) in [5.41, 5.74) is 5.99. The molecule has 3 N–H and O–H groups in total. The van der Waals surface area contributed by atoms with E-state index < -0.39 is 0 Å². The van der Waals surface area contributed by atoms with Crippen molar-refractivity contribution >= 4 is 0 Å². The van der Waals surface area contributed by atoms with Gasteiger partial charge in [0.2, 0.25) is 0 Å². The second-order valence-electron chi connectivity index (χ2n) is 6.17. The third-order valence-corrected chi connectivity index (χ3v) is 5.15. The van der Waals surface area contributed by atoms with Crippen LogP contribution in [0.25, 0.3) is 0 Å². The highest BCUT2D eigenvalue weighted by molar-refractivity contribution is 5.35. The summed E-state index contributed by atoms with van der Waals surface area (Å²) >= 11 is 0. The zero-order chi connectivity index (χ0) is 13.9. The van der Waals surface area contributed by atoms with Crippen LogP contribution in [0.2, 0.25) is 0 Å². The third-order valence-electron chi connectivity index (χ3n) is 5.15. The predicted molar refractivity (Wildman–Crippen MR) is 81.2 cm³/mol. The lowest BCUT2D eigenvalue weighted by molar-refractivity contribution is 0.0772. The summed E-state index contributed by atoms with van der Waals surface area (Å²) in [6, 6.07) is 9.06. The van der Waals surface area contributed by atoms with Crippen LogP contribution < -0.4 is 11.3 Å². The van der Waals surface area contributed by atoms with E-state index in [2.05, 4.69) is 36.6 Å². The molecule has 2 fully saturated rings. The largest absolute Gasteiger partial charge is 0.378 e. The number of ether oxygens (including phenoxy) is 1. The van der Waals surface area contributed by atoms with E-state index in [-0.39, 0.29) is 6.04 Å². The molecule has 20 heavy (non-hydrogen) atoms. The van der Waals surface area contributed by atoms with Crippen LogP contribution in [0.1, 0.15) is 62.1 Å². The molecule has 0 radical (unpaired) electrons. The van der Waals surface area contributed by atoms with Gasteiger partial charge in [0.25, 0.3) is 0 Å². The summed E-state index contributed by atoms with van der Waals surface area (Å²) in [4.78, 5) is 0. The standard InChI is InChI=1S/C17H26N2O/c1-2-16-15(10-11-20-16)17(19-18)14-9-4-3-8-13(14)12-6-5-7-12/h3-4,8-9,12,15-17,19H,2,5-7,10-11,18H2,1H3. The molecule has 0 spiro atoms. The molecule has 110 valence electrons. The highest BCUT2D eigenvalue weighted by Crippen LogP contribution is 2.42. The minimum absolute atomic E-state index is 0.222. The minimum atomic E-state index is 0.222. The van der Waals surface area contributed by atoms with Gasteiger partial charge < -0.3 is 4.74 Å². The molecule has 2 aliphatic rings. The zero-order valence-electron chi connectivity index (χ0n) is 12.3. The molecule has 1 heterocycles. The molecular weight excluding hydrogens is 248 g/mol. The van der Waals surface area contributed by atoms with E-state index in [0.717, 1.165) is 25.4 Å². The fourth-order valence-electron chi connectivity index (χ4n) is 3.80. The molecule has 3 atom stereocenters. The number of benzene rings is 1. The van der Waals surface area contributed by atoms with E-state index in [1.165, 1.54) is 30.4 Å². The lowest BCUT2D eigenvalue weighted by atomic mass is 9.75. The van der Waals surface area contributed by atoms with Gasteiger partial charge in [-0.15, -0.1) is 0 Å². The van der Waals surface area contributed by atoms with Crippen LogP contribution in [-0.2, 0) is 4.74 Å². The molecule has 1 saturated carbocycles. The van der Waals surface area contributed by atoms with Crippen LogP contribution >= 0.6 is 0 Å². The van der Waals surface area contributed by atoms with E-state index >= 15 is 0 Å². The fourth-order valence-corrected chi connectivity index (χ4v) is 3.80. The average Bonchev–Trinajstić information content (AvgIpc) is 2.88. The molecular formula is C17H26N2O. The second-order valence-corrected chi connectivity index (χ2v) is 6.17. The maximum Gasteiger partial charge on any atom is 0.0620 e. The van der Waals surface area contributed by atoms with Crippen LogP contribution in [-0.4, -0.2) is 12.7 Å². The highest BCUT2D eigenvalue weighted by Gasteiger charge is 2.36. The number of nitrogens with two attached hydrogens (primary N) is 1. The van der Waals surface area contributed by atoms with E-state index in [1.807, 2.05) is 0 Å². The summed E-state index contributed by atoms with van der Waals surface area (Å²) < 4.78 is 5.86. The summed E-state index contributed by atoms with van der Waals surface area (Å²) in [6.45, 7) is 3.07. The molecule has 0 amide bonds. The van der Waals surface area contributed by atoms with Crippen LogP contribution in [0.3, 0.4) is 0 Å². The number of hydrazine groups is 1. The Morgan fingerprint density at radius 3 is 2.75 bits per heavy atom. The smallest absolute Gasteiger partial charge is 0.0620 e. The summed E-state index contributed by atoms with van der Waals surface area (Å²) in [5, 5.41) is 0. The van der Waals surface area contributed by atoms with Gasteiger partial charge in [0, 0.05) is 12.5 Å². The van der Waals surface area contributed by atoms with Crippen molar-refractivity contribution in [1.82, 2.24) is 5.43 Å². The number of hydrogen-bond donors (Lipinski definition) is 2. The lowest BCUT2D eigenvalue weighted by Gasteiger charge is -2.33. The molecule has 1 saturated heterocycles. The normalized spacial score (nSPS) is 28.3. The number of hydrogen-bond acceptors (Lipinski definition) is 3. The van der Waals surface area contributed by atoms with E-state index in [0.29, 0.717) is 12.0 Å². The Morgan fingerprint density at radius 1 is 1.30 bits per heavy atom. The SMILES string of the molecule is CCC1OCCC1C(NN)c1ccccc1C1CCC1. The molecule has 1 aliphatic carbocycles. The van der Waals surface area contributed by atoms with E-state index in [1.54, 1.807) is 0 Å². The van der Waals surface area contributed by atoms with Gasteiger partial charge >= 0.3 is 0 Å². The first-order valence-corrected chi connectivity index (χ1v) is 8.01. The Morgan fingerprint density at radius 2 is 2.10 bits per heavy atom. The van der Waals surface area contributed by atoms with Crippen molar-refractivity contribution in [1.29, 1.82) is 0 Å². The van der Waals surface area contributed by atoms with Gasteiger partial charge in [-0.05, 0) is 42.7 Å². The molecule has 3 rings (SSSR count). The number of rotatable bonds is 5. The lowest BCUT2D eigenvalue weighted by Crippen LogP contribution is -2.37. The summed E-state index contributed by atoms with van der Waals surface area (Å²) in [7, 11) is 0. The molecule has 0 bridgehead atoms. The second kappa shape index (κ2) is 6.25. The Hall–Kier alpha value is -0.900. The van der Waals surface area contributed by atoms with Crippen molar-refractivity contribution in [2.75, 3.05) is 6.61 Å². The van der Waals surface area contributed by atoms with Gasteiger partial charge in [0.15, 0.2) is 0 Å². The molecule has 0 aromatic heterocycles. The Kier molecular flexibility index (Phi) is 4.39. The molecule has 1 aromatic carbocycles. The number of nitrogens with one attached hydrogen (secondary N) is 1. The van der Waals surface area contributed by atoms with Gasteiger partial charge in [-0.25, -0.2) is 0 Å². The van der Waals surface area contributed by atoms with Crippen molar-refractivity contribution < 1.29 is 4.74 Å². The first-order valence-electron chi connectivity index (χ1n) is 8.01. The molecule has 3 nitrogen and oxygen atoms in total. The van der Waals surface area contributed by atoms with E-state index in [4.69, 9.17) is 10.6 Å².